The first-order valence-corrected chi connectivity index (χ1v) is 9.08. The van der Waals surface area contributed by atoms with Crippen LogP contribution in [-0.4, -0.2) is 18.6 Å². The third kappa shape index (κ3) is 2.85. The average molecular weight is 345 g/mol. The van der Waals surface area contributed by atoms with Crippen LogP contribution in [0.4, 0.5) is 0 Å². The van der Waals surface area contributed by atoms with Crippen LogP contribution in [0.25, 0.3) is 11.7 Å². The Morgan fingerprint density at radius 3 is 2.88 bits per heavy atom. The summed E-state index contributed by atoms with van der Waals surface area (Å²) in [5, 5.41) is 3.75. The zero-order valence-corrected chi connectivity index (χ0v) is 13.5. The summed E-state index contributed by atoms with van der Waals surface area (Å²) in [6, 6.07) is 8.66. The minimum Gasteiger partial charge on any atom is -0.459 e. The Morgan fingerprint density at radius 2 is 2.04 bits per heavy atom. The number of hydrogen-bond acceptors (Lipinski definition) is 6. The van der Waals surface area contributed by atoms with Crippen LogP contribution in [0.3, 0.4) is 0 Å². The lowest BCUT2D eigenvalue weighted by molar-refractivity contribution is 0.408. The monoisotopic (exact) mass is 345 g/mol. The van der Waals surface area contributed by atoms with Gasteiger partial charge in [0.25, 0.3) is 5.89 Å². The van der Waals surface area contributed by atoms with Crippen LogP contribution in [0.2, 0.25) is 0 Å². The summed E-state index contributed by atoms with van der Waals surface area (Å²) in [7, 11) is -3.62. The van der Waals surface area contributed by atoms with Crippen molar-refractivity contribution < 1.29 is 17.4 Å². The maximum Gasteiger partial charge on any atom is 0.293 e. The molecule has 3 aromatic rings. The van der Waals surface area contributed by atoms with Crippen molar-refractivity contribution in [2.45, 2.75) is 30.7 Å². The maximum absolute atomic E-state index is 12.4. The second kappa shape index (κ2) is 5.88. The van der Waals surface area contributed by atoms with E-state index >= 15 is 0 Å². The Hall–Kier alpha value is -2.45. The number of aromatic nitrogens is 2. The standard InChI is InChI=1S/C16H15N3O4S/c20-24(21,13-7-6-11-3-1-4-12(11)9-13)17-10-15-18-16(23-19-15)14-5-2-8-22-14/h2,5-9,17H,1,3-4,10H2. The van der Waals surface area contributed by atoms with E-state index in [1.165, 1.54) is 11.8 Å². The number of nitrogens with one attached hydrogen (secondary N) is 1. The second-order valence-corrected chi connectivity index (χ2v) is 7.37. The molecule has 0 unspecified atom stereocenters. The average Bonchev–Trinajstić information content (AvgIpc) is 3.32. The van der Waals surface area contributed by atoms with Crippen molar-refractivity contribution in [2.24, 2.45) is 0 Å². The van der Waals surface area contributed by atoms with E-state index in [0.717, 1.165) is 24.8 Å². The van der Waals surface area contributed by atoms with Crippen molar-refractivity contribution in [2.75, 3.05) is 0 Å². The molecule has 1 aromatic carbocycles. The highest BCUT2D eigenvalue weighted by molar-refractivity contribution is 7.89. The maximum atomic E-state index is 12.4. The molecule has 2 aromatic heterocycles. The zero-order chi connectivity index (χ0) is 16.6. The highest BCUT2D eigenvalue weighted by Crippen LogP contribution is 2.24. The van der Waals surface area contributed by atoms with E-state index in [1.54, 1.807) is 24.3 Å². The number of fused-ring (bicyclic) bond motifs is 1. The number of sulfonamides is 1. The van der Waals surface area contributed by atoms with Crippen LogP contribution < -0.4 is 4.72 Å². The van der Waals surface area contributed by atoms with Crippen molar-refractivity contribution in [1.29, 1.82) is 0 Å². The van der Waals surface area contributed by atoms with Crippen molar-refractivity contribution in [1.82, 2.24) is 14.9 Å². The molecule has 1 N–H and O–H groups in total. The van der Waals surface area contributed by atoms with Gasteiger partial charge in [0.05, 0.1) is 17.7 Å². The van der Waals surface area contributed by atoms with E-state index in [-0.39, 0.29) is 23.2 Å². The fourth-order valence-electron chi connectivity index (χ4n) is 2.78. The molecule has 0 saturated carbocycles. The summed E-state index contributed by atoms with van der Waals surface area (Å²) >= 11 is 0. The van der Waals surface area contributed by atoms with E-state index in [4.69, 9.17) is 8.94 Å². The molecule has 0 fully saturated rings. The van der Waals surface area contributed by atoms with Gasteiger partial charge >= 0.3 is 0 Å². The normalized spacial score (nSPS) is 14.0. The third-order valence-electron chi connectivity index (χ3n) is 4.00. The lowest BCUT2D eigenvalue weighted by atomic mass is 10.1. The summed E-state index contributed by atoms with van der Waals surface area (Å²) in [6.45, 7) is -0.0520. The molecule has 7 nitrogen and oxygen atoms in total. The third-order valence-corrected chi connectivity index (χ3v) is 5.40. The molecule has 1 aliphatic rings. The predicted octanol–water partition coefficient (Wildman–Crippen LogP) is 2.30. The Kier molecular flexibility index (Phi) is 3.70. The molecule has 0 saturated heterocycles. The van der Waals surface area contributed by atoms with Gasteiger partial charge < -0.3 is 8.94 Å². The van der Waals surface area contributed by atoms with Gasteiger partial charge in [-0.15, -0.1) is 0 Å². The molecule has 8 heteroatoms. The van der Waals surface area contributed by atoms with Gasteiger partial charge in [0.1, 0.15) is 0 Å². The molecule has 0 spiro atoms. The van der Waals surface area contributed by atoms with Crippen LogP contribution in [0, 0.1) is 0 Å². The summed E-state index contributed by atoms with van der Waals surface area (Å²) in [6.07, 6.45) is 4.51. The summed E-state index contributed by atoms with van der Waals surface area (Å²) in [5.41, 5.74) is 2.34. The SMILES string of the molecule is O=S(=O)(NCc1noc(-c2ccco2)n1)c1ccc2c(c1)CCC2. The van der Waals surface area contributed by atoms with Crippen LogP contribution in [0.15, 0.2) is 50.4 Å². The second-order valence-electron chi connectivity index (χ2n) is 5.60. The summed E-state index contributed by atoms with van der Waals surface area (Å²) in [5.74, 6) is 0.896. The van der Waals surface area contributed by atoms with E-state index in [0.29, 0.717) is 5.76 Å². The topological polar surface area (TPSA) is 98.2 Å². The first-order valence-electron chi connectivity index (χ1n) is 7.60. The first kappa shape index (κ1) is 15.1. The highest BCUT2D eigenvalue weighted by atomic mass is 32.2. The van der Waals surface area contributed by atoms with E-state index in [1.807, 2.05) is 6.07 Å². The first-order chi connectivity index (χ1) is 11.6. The molecule has 0 atom stereocenters. The number of furan rings is 1. The Bertz CT molecular complexity index is 961. The van der Waals surface area contributed by atoms with Gasteiger partial charge in [-0.25, -0.2) is 13.1 Å². The van der Waals surface area contributed by atoms with Gasteiger partial charge in [-0.1, -0.05) is 11.2 Å². The fraction of sp³-hybridized carbons (Fsp3) is 0.250. The van der Waals surface area contributed by atoms with Gasteiger partial charge in [0.2, 0.25) is 10.0 Å². The fourth-order valence-corrected chi connectivity index (χ4v) is 3.81. The molecule has 2 heterocycles. The lowest BCUT2D eigenvalue weighted by Gasteiger charge is -2.07. The lowest BCUT2D eigenvalue weighted by Crippen LogP contribution is -2.24. The molecule has 124 valence electrons. The quantitative estimate of drug-likeness (QED) is 0.762. The summed E-state index contributed by atoms with van der Waals surface area (Å²) < 4.78 is 37.6. The van der Waals surface area contributed by atoms with Crippen molar-refractivity contribution >= 4 is 10.0 Å². The predicted molar refractivity (Wildman–Crippen MR) is 84.5 cm³/mol. The molecular weight excluding hydrogens is 330 g/mol. The van der Waals surface area contributed by atoms with Gasteiger partial charge in [0, 0.05) is 0 Å². The van der Waals surface area contributed by atoms with Crippen molar-refractivity contribution in [3.05, 3.63) is 53.5 Å². The summed E-state index contributed by atoms with van der Waals surface area (Å²) in [4.78, 5) is 4.37. The van der Waals surface area contributed by atoms with E-state index in [2.05, 4.69) is 14.9 Å². The molecule has 1 aliphatic carbocycles. The van der Waals surface area contributed by atoms with Gasteiger partial charge in [0.15, 0.2) is 11.6 Å². The number of hydrogen-bond donors (Lipinski definition) is 1. The Balaban J connectivity index is 1.49. The molecule has 0 aliphatic heterocycles. The number of benzene rings is 1. The van der Waals surface area contributed by atoms with Crippen molar-refractivity contribution in [3.63, 3.8) is 0 Å². The molecule has 0 radical (unpaired) electrons. The largest absolute Gasteiger partial charge is 0.459 e. The van der Waals surface area contributed by atoms with Crippen LogP contribution in [0.5, 0.6) is 0 Å². The van der Waals surface area contributed by atoms with Gasteiger partial charge in [-0.2, -0.15) is 4.98 Å². The molecular formula is C16H15N3O4S. The van der Waals surface area contributed by atoms with Gasteiger partial charge in [-0.05, 0) is 54.7 Å². The van der Waals surface area contributed by atoms with Crippen LogP contribution >= 0.6 is 0 Å². The number of aryl methyl sites for hydroxylation is 2. The van der Waals surface area contributed by atoms with Gasteiger partial charge in [-0.3, -0.25) is 0 Å². The minimum atomic E-state index is -3.62. The zero-order valence-electron chi connectivity index (χ0n) is 12.7. The molecule has 4 rings (SSSR count). The smallest absolute Gasteiger partial charge is 0.293 e. The van der Waals surface area contributed by atoms with E-state index < -0.39 is 10.0 Å². The molecule has 0 amide bonds. The molecule has 24 heavy (non-hydrogen) atoms. The Morgan fingerprint density at radius 1 is 1.17 bits per heavy atom. The minimum absolute atomic E-state index is 0.0520. The Labute approximate surface area is 138 Å². The van der Waals surface area contributed by atoms with Crippen LogP contribution in [0.1, 0.15) is 23.4 Å². The highest BCUT2D eigenvalue weighted by Gasteiger charge is 2.19. The number of rotatable bonds is 5. The van der Waals surface area contributed by atoms with Crippen molar-refractivity contribution in [3.8, 4) is 11.7 Å². The number of nitrogens with zero attached hydrogens (tertiary/aromatic N) is 2. The molecule has 0 bridgehead atoms. The van der Waals surface area contributed by atoms with Crippen LogP contribution in [-0.2, 0) is 29.4 Å². The van der Waals surface area contributed by atoms with E-state index in [9.17, 15) is 8.42 Å².